The van der Waals surface area contributed by atoms with Gasteiger partial charge < -0.3 is 14.3 Å². The van der Waals surface area contributed by atoms with Crippen molar-refractivity contribution in [2.75, 3.05) is 5.32 Å². The van der Waals surface area contributed by atoms with Crippen molar-refractivity contribution in [2.24, 2.45) is 0 Å². The molecule has 0 aliphatic rings. The zero-order valence-corrected chi connectivity index (χ0v) is 14.0. The number of nitrogens with zero attached hydrogens (tertiary/aromatic N) is 1. The summed E-state index contributed by atoms with van der Waals surface area (Å²) < 4.78 is 37.1. The Morgan fingerprint density at radius 1 is 1.20 bits per heavy atom. The third kappa shape index (κ3) is 4.14. The molecule has 1 aromatic carbocycles. The van der Waals surface area contributed by atoms with Gasteiger partial charge in [0.15, 0.2) is 5.82 Å². The first-order valence-corrected chi connectivity index (χ1v) is 8.79. The lowest BCUT2D eigenvalue weighted by atomic mass is 10.2. The van der Waals surface area contributed by atoms with Gasteiger partial charge >= 0.3 is 0 Å². The second-order valence-corrected chi connectivity index (χ2v) is 6.98. The number of hydrogen-bond acceptors (Lipinski definition) is 6. The third-order valence-electron chi connectivity index (χ3n) is 3.29. The van der Waals surface area contributed by atoms with Gasteiger partial charge in [0.05, 0.1) is 17.7 Å². The molecule has 3 aromatic rings. The maximum absolute atomic E-state index is 12.4. The summed E-state index contributed by atoms with van der Waals surface area (Å²) in [6.45, 7) is 1.71. The van der Waals surface area contributed by atoms with Gasteiger partial charge in [-0.1, -0.05) is 11.2 Å². The van der Waals surface area contributed by atoms with E-state index in [9.17, 15) is 13.2 Å². The summed E-state index contributed by atoms with van der Waals surface area (Å²) in [4.78, 5) is 12.2. The molecule has 8 nitrogen and oxygen atoms in total. The third-order valence-corrected chi connectivity index (χ3v) is 4.69. The maximum Gasteiger partial charge on any atom is 0.256 e. The Labute approximate surface area is 143 Å². The average molecular weight is 361 g/mol. The lowest BCUT2D eigenvalue weighted by Gasteiger charge is -2.07. The van der Waals surface area contributed by atoms with E-state index in [4.69, 9.17) is 8.94 Å². The van der Waals surface area contributed by atoms with E-state index >= 15 is 0 Å². The Bertz CT molecular complexity index is 977. The number of carbonyl (C=O) groups is 1. The van der Waals surface area contributed by atoms with E-state index in [0.717, 1.165) is 0 Å². The molecule has 2 N–H and O–H groups in total. The van der Waals surface area contributed by atoms with Crippen LogP contribution in [0.3, 0.4) is 0 Å². The van der Waals surface area contributed by atoms with Crippen molar-refractivity contribution in [1.82, 2.24) is 9.88 Å². The molecule has 0 spiro atoms. The molecular formula is C16H15N3O5S. The number of aromatic nitrogens is 1. The van der Waals surface area contributed by atoms with Crippen LogP contribution in [0.4, 0.5) is 5.82 Å². The SMILES string of the molecule is Cc1cc(NC(=O)c2cccc(S(=O)(=O)NCc3ccco3)c2)no1. The van der Waals surface area contributed by atoms with Gasteiger partial charge in [0.25, 0.3) is 5.91 Å². The molecular weight excluding hydrogens is 346 g/mol. The van der Waals surface area contributed by atoms with E-state index in [0.29, 0.717) is 11.5 Å². The van der Waals surface area contributed by atoms with Gasteiger partial charge in [-0.2, -0.15) is 0 Å². The van der Waals surface area contributed by atoms with Gasteiger partial charge in [-0.15, -0.1) is 0 Å². The quantitative estimate of drug-likeness (QED) is 0.696. The number of benzene rings is 1. The predicted octanol–water partition coefficient (Wildman–Crippen LogP) is 2.31. The fourth-order valence-electron chi connectivity index (χ4n) is 2.08. The Hall–Kier alpha value is -2.91. The maximum atomic E-state index is 12.4. The van der Waals surface area contributed by atoms with Crippen LogP contribution in [0.1, 0.15) is 21.9 Å². The molecule has 1 amide bonds. The Balaban J connectivity index is 1.74. The molecule has 2 aromatic heterocycles. The number of sulfonamides is 1. The topological polar surface area (TPSA) is 114 Å². The van der Waals surface area contributed by atoms with Gasteiger partial charge in [-0.3, -0.25) is 4.79 Å². The summed E-state index contributed by atoms with van der Waals surface area (Å²) in [5.74, 6) is 0.802. The van der Waals surface area contributed by atoms with Crippen LogP contribution in [-0.4, -0.2) is 19.5 Å². The largest absolute Gasteiger partial charge is 0.468 e. The van der Waals surface area contributed by atoms with E-state index in [2.05, 4.69) is 15.2 Å². The zero-order chi connectivity index (χ0) is 17.9. The van der Waals surface area contributed by atoms with Crippen molar-refractivity contribution in [2.45, 2.75) is 18.4 Å². The molecule has 2 heterocycles. The Morgan fingerprint density at radius 3 is 2.72 bits per heavy atom. The van der Waals surface area contributed by atoms with Crippen molar-refractivity contribution in [3.8, 4) is 0 Å². The molecule has 9 heteroatoms. The lowest BCUT2D eigenvalue weighted by molar-refractivity contribution is 0.102. The number of aryl methyl sites for hydroxylation is 1. The van der Waals surface area contributed by atoms with E-state index in [1.54, 1.807) is 25.1 Å². The predicted molar refractivity (Wildman–Crippen MR) is 88.4 cm³/mol. The number of anilines is 1. The van der Waals surface area contributed by atoms with Crippen LogP contribution >= 0.6 is 0 Å². The van der Waals surface area contributed by atoms with Crippen LogP contribution in [0.5, 0.6) is 0 Å². The fraction of sp³-hybridized carbons (Fsp3) is 0.125. The van der Waals surface area contributed by atoms with Crippen LogP contribution in [0.15, 0.2) is 62.6 Å². The summed E-state index contributed by atoms with van der Waals surface area (Å²) in [6.07, 6.45) is 1.46. The standard InChI is InChI=1S/C16H15N3O5S/c1-11-8-15(19-24-11)18-16(20)12-4-2-6-14(9-12)25(21,22)17-10-13-5-3-7-23-13/h2-9,17H,10H2,1H3,(H,18,19,20). The highest BCUT2D eigenvalue weighted by Gasteiger charge is 2.17. The number of rotatable bonds is 6. The first-order valence-electron chi connectivity index (χ1n) is 7.31. The highest BCUT2D eigenvalue weighted by atomic mass is 32.2. The smallest absolute Gasteiger partial charge is 0.256 e. The van der Waals surface area contributed by atoms with Gasteiger partial charge in [-0.05, 0) is 37.3 Å². The minimum atomic E-state index is -3.79. The molecule has 0 unspecified atom stereocenters. The zero-order valence-electron chi connectivity index (χ0n) is 13.2. The van der Waals surface area contributed by atoms with Crippen LogP contribution in [0.2, 0.25) is 0 Å². The van der Waals surface area contributed by atoms with E-state index < -0.39 is 15.9 Å². The molecule has 0 fully saturated rings. The molecule has 0 bridgehead atoms. The summed E-state index contributed by atoms with van der Waals surface area (Å²) in [6, 6.07) is 10.6. The van der Waals surface area contributed by atoms with Gasteiger partial charge in [0.2, 0.25) is 10.0 Å². The monoisotopic (exact) mass is 361 g/mol. The van der Waals surface area contributed by atoms with Crippen molar-refractivity contribution in [1.29, 1.82) is 0 Å². The molecule has 0 saturated heterocycles. The number of nitrogens with one attached hydrogen (secondary N) is 2. The molecule has 3 rings (SSSR count). The Kier molecular flexibility index (Phi) is 4.68. The highest BCUT2D eigenvalue weighted by molar-refractivity contribution is 7.89. The number of hydrogen-bond donors (Lipinski definition) is 2. The molecule has 0 radical (unpaired) electrons. The van der Waals surface area contributed by atoms with Gasteiger partial charge in [0, 0.05) is 11.6 Å². The summed E-state index contributed by atoms with van der Waals surface area (Å²) >= 11 is 0. The lowest BCUT2D eigenvalue weighted by Crippen LogP contribution is -2.23. The van der Waals surface area contributed by atoms with Crippen molar-refractivity contribution < 1.29 is 22.2 Å². The molecule has 0 aliphatic heterocycles. The number of amides is 1. The fourth-order valence-corrected chi connectivity index (χ4v) is 3.12. The number of furan rings is 1. The van der Waals surface area contributed by atoms with Gasteiger partial charge in [-0.25, -0.2) is 13.1 Å². The molecule has 0 saturated carbocycles. The molecule has 0 atom stereocenters. The van der Waals surface area contributed by atoms with E-state index in [-0.39, 0.29) is 22.8 Å². The highest BCUT2D eigenvalue weighted by Crippen LogP contribution is 2.15. The second-order valence-electron chi connectivity index (χ2n) is 5.21. The normalized spacial score (nSPS) is 11.4. The van der Waals surface area contributed by atoms with Crippen LogP contribution in [0.25, 0.3) is 0 Å². The first-order chi connectivity index (χ1) is 11.9. The molecule has 25 heavy (non-hydrogen) atoms. The Morgan fingerprint density at radius 2 is 2.04 bits per heavy atom. The van der Waals surface area contributed by atoms with Crippen LogP contribution < -0.4 is 10.0 Å². The van der Waals surface area contributed by atoms with Crippen molar-refractivity contribution in [3.63, 3.8) is 0 Å². The second kappa shape index (κ2) is 6.91. The minimum absolute atomic E-state index is 0.0178. The average Bonchev–Trinajstić information content (AvgIpc) is 3.25. The number of carbonyl (C=O) groups excluding carboxylic acids is 1. The van der Waals surface area contributed by atoms with Crippen LogP contribution in [-0.2, 0) is 16.6 Å². The van der Waals surface area contributed by atoms with Crippen molar-refractivity contribution in [3.05, 3.63) is 65.8 Å². The minimum Gasteiger partial charge on any atom is -0.468 e. The van der Waals surface area contributed by atoms with Gasteiger partial charge in [0.1, 0.15) is 11.5 Å². The van der Waals surface area contributed by atoms with Crippen LogP contribution in [0, 0.1) is 6.92 Å². The summed E-state index contributed by atoms with van der Waals surface area (Å²) in [5, 5.41) is 6.20. The first kappa shape index (κ1) is 16.9. The molecule has 0 aliphatic carbocycles. The van der Waals surface area contributed by atoms with E-state index in [1.165, 1.54) is 30.5 Å². The van der Waals surface area contributed by atoms with Crippen molar-refractivity contribution >= 4 is 21.7 Å². The summed E-state index contributed by atoms with van der Waals surface area (Å²) in [7, 11) is -3.79. The summed E-state index contributed by atoms with van der Waals surface area (Å²) in [5.41, 5.74) is 0.182. The van der Waals surface area contributed by atoms with E-state index in [1.807, 2.05) is 0 Å². The molecule has 130 valence electrons.